The lowest BCUT2D eigenvalue weighted by Gasteiger charge is -2.09. The van der Waals surface area contributed by atoms with Gasteiger partial charge >= 0.3 is 0 Å². The van der Waals surface area contributed by atoms with Gasteiger partial charge in [-0.15, -0.1) is 0 Å². The maximum Gasteiger partial charge on any atom is 0.257 e. The summed E-state index contributed by atoms with van der Waals surface area (Å²) in [6, 6.07) is 7.94. The van der Waals surface area contributed by atoms with Crippen molar-refractivity contribution in [3.63, 3.8) is 0 Å². The number of hydrogen-bond acceptors (Lipinski definition) is 4. The average molecular weight is 276 g/mol. The van der Waals surface area contributed by atoms with Crippen molar-refractivity contribution < 1.29 is 19.0 Å². The molecular weight excluding hydrogens is 263 g/mol. The van der Waals surface area contributed by atoms with Gasteiger partial charge in [0, 0.05) is 17.4 Å². The number of nitrogens with one attached hydrogen (secondary N) is 1. The Morgan fingerprint density at radius 3 is 2.65 bits per heavy atom. The molecule has 0 spiro atoms. The molecule has 0 heterocycles. The Bertz CT molecular complexity index is 659. The van der Waals surface area contributed by atoms with Crippen molar-refractivity contribution in [1.82, 2.24) is 0 Å². The molecule has 0 aliphatic heterocycles. The lowest BCUT2D eigenvalue weighted by atomic mass is 10.1. The number of hydrogen-bond donors (Lipinski definition) is 3. The van der Waals surface area contributed by atoms with Gasteiger partial charge in [0.25, 0.3) is 5.91 Å². The van der Waals surface area contributed by atoms with Crippen LogP contribution in [-0.4, -0.2) is 18.1 Å². The normalized spacial score (nSPS) is 10.1. The fourth-order valence-corrected chi connectivity index (χ4v) is 1.71. The van der Waals surface area contributed by atoms with E-state index in [4.69, 9.17) is 10.5 Å². The van der Waals surface area contributed by atoms with Crippen LogP contribution in [0.3, 0.4) is 0 Å². The number of benzene rings is 2. The first-order valence-corrected chi connectivity index (χ1v) is 5.74. The van der Waals surface area contributed by atoms with Crippen LogP contribution < -0.4 is 15.8 Å². The third kappa shape index (κ3) is 2.80. The Hall–Kier alpha value is -2.76. The average Bonchev–Trinajstić information content (AvgIpc) is 2.38. The van der Waals surface area contributed by atoms with E-state index in [9.17, 15) is 14.3 Å². The Kier molecular flexibility index (Phi) is 3.74. The number of carbonyl (C=O) groups excluding carboxylic acids is 1. The molecule has 2 rings (SSSR count). The quantitative estimate of drug-likeness (QED) is 0.751. The number of nitrogen functional groups attached to an aromatic ring is 1. The molecule has 0 aliphatic rings. The second kappa shape index (κ2) is 5.48. The molecule has 0 bridgehead atoms. The van der Waals surface area contributed by atoms with Gasteiger partial charge in [-0.3, -0.25) is 4.79 Å². The Morgan fingerprint density at radius 1 is 1.30 bits per heavy atom. The molecule has 4 N–H and O–H groups in total. The summed E-state index contributed by atoms with van der Waals surface area (Å²) < 4.78 is 17.8. The molecule has 6 heteroatoms. The number of nitrogens with two attached hydrogens (primary N) is 1. The lowest BCUT2D eigenvalue weighted by molar-refractivity contribution is 0.102. The van der Waals surface area contributed by atoms with E-state index in [0.29, 0.717) is 11.4 Å². The number of rotatable bonds is 3. The van der Waals surface area contributed by atoms with E-state index in [2.05, 4.69) is 5.32 Å². The molecule has 1 amide bonds. The molecule has 0 fully saturated rings. The topological polar surface area (TPSA) is 84.6 Å². The molecule has 2 aromatic carbocycles. The zero-order chi connectivity index (χ0) is 14.7. The highest BCUT2D eigenvalue weighted by atomic mass is 19.1. The number of halogens is 1. The summed E-state index contributed by atoms with van der Waals surface area (Å²) in [6.45, 7) is 0. The summed E-state index contributed by atoms with van der Waals surface area (Å²) in [4.78, 5) is 12.0. The van der Waals surface area contributed by atoms with Crippen LogP contribution >= 0.6 is 0 Å². The van der Waals surface area contributed by atoms with Gasteiger partial charge in [0.1, 0.15) is 5.82 Å². The summed E-state index contributed by atoms with van der Waals surface area (Å²) in [5, 5.41) is 12.2. The fraction of sp³-hybridized carbons (Fsp3) is 0.0714. The van der Waals surface area contributed by atoms with Crippen LogP contribution in [-0.2, 0) is 0 Å². The van der Waals surface area contributed by atoms with Crippen molar-refractivity contribution in [2.45, 2.75) is 0 Å². The van der Waals surface area contributed by atoms with E-state index in [-0.39, 0.29) is 17.0 Å². The summed E-state index contributed by atoms with van der Waals surface area (Å²) in [5.41, 5.74) is 6.15. The predicted molar refractivity (Wildman–Crippen MR) is 73.4 cm³/mol. The van der Waals surface area contributed by atoms with Crippen molar-refractivity contribution in [3.8, 4) is 11.5 Å². The van der Waals surface area contributed by atoms with Crippen LogP contribution in [0.15, 0.2) is 36.4 Å². The van der Waals surface area contributed by atoms with E-state index < -0.39 is 11.7 Å². The SMILES string of the molecule is COc1ccc(NC(=O)c2ccc(F)cc2N)cc1O. The molecule has 0 atom stereocenters. The van der Waals surface area contributed by atoms with E-state index in [1.807, 2.05) is 0 Å². The maximum absolute atomic E-state index is 12.9. The van der Waals surface area contributed by atoms with E-state index in [1.54, 1.807) is 6.07 Å². The highest BCUT2D eigenvalue weighted by Gasteiger charge is 2.11. The first kappa shape index (κ1) is 13.7. The number of ether oxygens (including phenoxy) is 1. The molecule has 2 aromatic rings. The van der Waals surface area contributed by atoms with Gasteiger partial charge in [0.15, 0.2) is 11.5 Å². The smallest absolute Gasteiger partial charge is 0.257 e. The van der Waals surface area contributed by atoms with Gasteiger partial charge < -0.3 is 20.9 Å². The van der Waals surface area contributed by atoms with Crippen LogP contribution in [0.1, 0.15) is 10.4 Å². The minimum atomic E-state index is -0.513. The molecule has 104 valence electrons. The minimum absolute atomic E-state index is 0.0419. The van der Waals surface area contributed by atoms with Gasteiger partial charge in [0.2, 0.25) is 0 Å². The fourth-order valence-electron chi connectivity index (χ4n) is 1.71. The molecule has 5 nitrogen and oxygen atoms in total. The summed E-state index contributed by atoms with van der Waals surface area (Å²) in [7, 11) is 1.42. The molecule has 0 saturated heterocycles. The summed E-state index contributed by atoms with van der Waals surface area (Å²) in [6.07, 6.45) is 0. The Balaban J connectivity index is 2.21. The number of phenols is 1. The lowest BCUT2D eigenvalue weighted by Crippen LogP contribution is -2.14. The molecule has 0 radical (unpaired) electrons. The van der Waals surface area contributed by atoms with Gasteiger partial charge in [-0.05, 0) is 30.3 Å². The Morgan fingerprint density at radius 2 is 2.05 bits per heavy atom. The third-order valence-electron chi connectivity index (χ3n) is 2.69. The zero-order valence-electron chi connectivity index (χ0n) is 10.7. The molecule has 20 heavy (non-hydrogen) atoms. The predicted octanol–water partition coefficient (Wildman–Crippen LogP) is 2.37. The maximum atomic E-state index is 12.9. The standard InChI is InChI=1S/C14H13FN2O3/c1-20-13-5-3-9(7-12(13)18)17-14(19)10-4-2-8(15)6-11(10)16/h2-7,18H,16H2,1H3,(H,17,19). The number of carbonyl (C=O) groups is 1. The molecular formula is C14H13FN2O3. The highest BCUT2D eigenvalue weighted by Crippen LogP contribution is 2.29. The number of aromatic hydroxyl groups is 1. The minimum Gasteiger partial charge on any atom is -0.504 e. The van der Waals surface area contributed by atoms with Gasteiger partial charge in [-0.2, -0.15) is 0 Å². The summed E-state index contributed by atoms with van der Waals surface area (Å²) in [5.74, 6) is -0.810. The van der Waals surface area contributed by atoms with Crippen LogP contribution in [0, 0.1) is 5.82 Å². The molecule has 0 aromatic heterocycles. The van der Waals surface area contributed by atoms with Crippen molar-refractivity contribution in [2.24, 2.45) is 0 Å². The van der Waals surface area contributed by atoms with Crippen molar-refractivity contribution in [3.05, 3.63) is 47.8 Å². The van der Waals surface area contributed by atoms with Crippen molar-refractivity contribution >= 4 is 17.3 Å². The van der Waals surface area contributed by atoms with Gasteiger partial charge in [-0.25, -0.2) is 4.39 Å². The second-order valence-corrected chi connectivity index (χ2v) is 4.07. The second-order valence-electron chi connectivity index (χ2n) is 4.07. The molecule has 0 aliphatic carbocycles. The number of methoxy groups -OCH3 is 1. The Labute approximate surface area is 114 Å². The zero-order valence-corrected chi connectivity index (χ0v) is 10.7. The van der Waals surface area contributed by atoms with E-state index >= 15 is 0 Å². The monoisotopic (exact) mass is 276 g/mol. The highest BCUT2D eigenvalue weighted by molar-refractivity contribution is 6.07. The molecule has 0 unspecified atom stereocenters. The number of anilines is 2. The third-order valence-corrected chi connectivity index (χ3v) is 2.69. The van der Waals surface area contributed by atoms with Gasteiger partial charge in [0.05, 0.1) is 12.7 Å². The first-order chi connectivity index (χ1) is 9.51. The van der Waals surface area contributed by atoms with Crippen LogP contribution in [0.4, 0.5) is 15.8 Å². The van der Waals surface area contributed by atoms with Crippen molar-refractivity contribution in [2.75, 3.05) is 18.2 Å². The largest absolute Gasteiger partial charge is 0.504 e. The first-order valence-electron chi connectivity index (χ1n) is 5.74. The number of phenolic OH excluding ortho intramolecular Hbond substituents is 1. The number of amides is 1. The molecule has 0 saturated carbocycles. The van der Waals surface area contributed by atoms with Crippen LogP contribution in [0.2, 0.25) is 0 Å². The van der Waals surface area contributed by atoms with Crippen molar-refractivity contribution in [1.29, 1.82) is 0 Å². The summed E-state index contributed by atoms with van der Waals surface area (Å²) >= 11 is 0. The van der Waals surface area contributed by atoms with E-state index in [1.165, 1.54) is 25.3 Å². The van der Waals surface area contributed by atoms with Crippen LogP contribution in [0.5, 0.6) is 11.5 Å². The van der Waals surface area contributed by atoms with E-state index in [0.717, 1.165) is 12.1 Å². The van der Waals surface area contributed by atoms with Crippen LogP contribution in [0.25, 0.3) is 0 Å². The van der Waals surface area contributed by atoms with Gasteiger partial charge in [-0.1, -0.05) is 0 Å².